The molecule has 1 aromatic heterocycles. The lowest BCUT2D eigenvalue weighted by atomic mass is 10.2. The van der Waals surface area contributed by atoms with Crippen molar-refractivity contribution in [1.82, 2.24) is 9.97 Å². The quantitative estimate of drug-likeness (QED) is 0.840. The fourth-order valence-electron chi connectivity index (χ4n) is 1.96. The van der Waals surface area contributed by atoms with Gasteiger partial charge in [0, 0.05) is 47.6 Å². The van der Waals surface area contributed by atoms with Crippen LogP contribution in [-0.4, -0.2) is 45.6 Å². The van der Waals surface area contributed by atoms with Crippen LogP contribution in [-0.2, 0) is 0 Å². The highest BCUT2D eigenvalue weighted by molar-refractivity contribution is 8.06. The van der Waals surface area contributed by atoms with Crippen molar-refractivity contribution in [3.63, 3.8) is 0 Å². The summed E-state index contributed by atoms with van der Waals surface area (Å²) in [7, 11) is 0. The lowest BCUT2D eigenvalue weighted by molar-refractivity contribution is 0.774. The maximum absolute atomic E-state index is 4.62. The number of anilines is 2. The molecule has 1 aliphatic heterocycles. The zero-order chi connectivity index (χ0) is 14.4. The van der Waals surface area contributed by atoms with Crippen LogP contribution in [0.15, 0.2) is 6.07 Å². The van der Waals surface area contributed by atoms with Crippen molar-refractivity contribution in [2.45, 2.75) is 31.9 Å². The molecule has 2 N–H and O–H groups in total. The zero-order valence-electron chi connectivity index (χ0n) is 12.5. The minimum absolute atomic E-state index is 0.341. The minimum atomic E-state index is 0.341. The van der Waals surface area contributed by atoms with Crippen molar-refractivity contribution in [2.24, 2.45) is 0 Å². The molecule has 6 heteroatoms. The third-order valence-corrected chi connectivity index (χ3v) is 5.86. The van der Waals surface area contributed by atoms with Crippen LogP contribution in [0.5, 0.6) is 0 Å². The van der Waals surface area contributed by atoms with Gasteiger partial charge in [-0.05, 0) is 6.92 Å². The predicted molar refractivity (Wildman–Crippen MR) is 92.3 cm³/mol. The summed E-state index contributed by atoms with van der Waals surface area (Å²) in [6.45, 7) is 8.20. The Bertz CT molecular complexity index is 420. The highest BCUT2D eigenvalue weighted by atomic mass is 32.2. The second kappa shape index (κ2) is 7.98. The molecule has 0 bridgehead atoms. The maximum Gasteiger partial charge on any atom is 0.135 e. The first-order valence-electron chi connectivity index (χ1n) is 7.25. The molecule has 1 aromatic rings. The summed E-state index contributed by atoms with van der Waals surface area (Å²) >= 11 is 4.12. The molecular weight excluding hydrogens is 288 g/mol. The molecular formula is C14H24N4S2. The SMILES string of the molecule is CCNc1cc(NCC2CSCCS2)nc(C(C)C)n1. The van der Waals surface area contributed by atoms with Crippen molar-refractivity contribution >= 4 is 35.2 Å². The molecule has 1 aliphatic rings. The lowest BCUT2D eigenvalue weighted by Crippen LogP contribution is -2.23. The molecule has 4 nitrogen and oxygen atoms in total. The summed E-state index contributed by atoms with van der Waals surface area (Å²) in [6, 6.07) is 2.01. The number of hydrogen-bond donors (Lipinski definition) is 2. The van der Waals surface area contributed by atoms with Gasteiger partial charge in [0.05, 0.1) is 0 Å². The van der Waals surface area contributed by atoms with Gasteiger partial charge in [0.25, 0.3) is 0 Å². The second-order valence-electron chi connectivity index (χ2n) is 5.13. The van der Waals surface area contributed by atoms with E-state index in [2.05, 4.69) is 64.9 Å². The standard InChI is InChI=1S/C14H24N4S2/c1-4-15-12-7-13(18-14(17-12)10(2)3)16-8-11-9-19-5-6-20-11/h7,10-11H,4-6,8-9H2,1-3H3,(H2,15,16,17,18). The Kier molecular flexibility index (Phi) is 6.29. The fraction of sp³-hybridized carbons (Fsp3) is 0.714. The first kappa shape index (κ1) is 15.8. The smallest absolute Gasteiger partial charge is 0.135 e. The van der Waals surface area contributed by atoms with Gasteiger partial charge >= 0.3 is 0 Å². The van der Waals surface area contributed by atoms with Gasteiger partial charge in [-0.3, -0.25) is 0 Å². The molecule has 1 fully saturated rings. The van der Waals surface area contributed by atoms with Gasteiger partial charge in [-0.2, -0.15) is 23.5 Å². The normalized spacial score (nSPS) is 19.1. The van der Waals surface area contributed by atoms with E-state index in [1.165, 1.54) is 17.3 Å². The molecule has 1 atom stereocenters. The molecule has 0 aromatic carbocycles. The Labute approximate surface area is 130 Å². The molecule has 112 valence electrons. The van der Waals surface area contributed by atoms with Gasteiger partial charge in [0.15, 0.2) is 0 Å². The Morgan fingerprint density at radius 2 is 2.00 bits per heavy atom. The summed E-state index contributed by atoms with van der Waals surface area (Å²) in [6.07, 6.45) is 0. The van der Waals surface area contributed by atoms with Gasteiger partial charge in [-0.1, -0.05) is 13.8 Å². The van der Waals surface area contributed by atoms with Crippen molar-refractivity contribution in [3.8, 4) is 0 Å². The third-order valence-electron chi connectivity index (χ3n) is 3.01. The van der Waals surface area contributed by atoms with Gasteiger partial charge < -0.3 is 10.6 Å². The average Bonchev–Trinajstić information content (AvgIpc) is 2.46. The van der Waals surface area contributed by atoms with Crippen LogP contribution in [0.1, 0.15) is 32.5 Å². The molecule has 0 amide bonds. The Morgan fingerprint density at radius 1 is 1.25 bits per heavy atom. The summed E-state index contributed by atoms with van der Waals surface area (Å²) < 4.78 is 0. The van der Waals surface area contributed by atoms with E-state index in [4.69, 9.17) is 0 Å². The first-order valence-corrected chi connectivity index (χ1v) is 9.45. The summed E-state index contributed by atoms with van der Waals surface area (Å²) in [4.78, 5) is 9.17. The van der Waals surface area contributed by atoms with Gasteiger partial charge in [0.2, 0.25) is 0 Å². The zero-order valence-corrected chi connectivity index (χ0v) is 14.1. The van der Waals surface area contributed by atoms with Crippen LogP contribution < -0.4 is 10.6 Å². The monoisotopic (exact) mass is 312 g/mol. The van der Waals surface area contributed by atoms with Crippen molar-refractivity contribution in [2.75, 3.05) is 41.0 Å². The van der Waals surface area contributed by atoms with Crippen molar-refractivity contribution in [3.05, 3.63) is 11.9 Å². The van der Waals surface area contributed by atoms with E-state index in [0.29, 0.717) is 11.2 Å². The van der Waals surface area contributed by atoms with E-state index in [9.17, 15) is 0 Å². The molecule has 20 heavy (non-hydrogen) atoms. The lowest BCUT2D eigenvalue weighted by Gasteiger charge is -2.21. The highest BCUT2D eigenvalue weighted by Gasteiger charge is 2.15. The summed E-state index contributed by atoms with van der Waals surface area (Å²) in [5, 5.41) is 7.45. The van der Waals surface area contributed by atoms with E-state index >= 15 is 0 Å². The largest absolute Gasteiger partial charge is 0.370 e. The van der Waals surface area contributed by atoms with Crippen LogP contribution in [0.3, 0.4) is 0 Å². The predicted octanol–water partition coefficient (Wildman–Crippen LogP) is 3.29. The maximum atomic E-state index is 4.62. The van der Waals surface area contributed by atoms with Gasteiger partial charge in [-0.25, -0.2) is 9.97 Å². The van der Waals surface area contributed by atoms with Crippen LogP contribution in [0, 0.1) is 0 Å². The van der Waals surface area contributed by atoms with Crippen LogP contribution in [0.25, 0.3) is 0 Å². The van der Waals surface area contributed by atoms with Gasteiger partial charge in [0.1, 0.15) is 17.5 Å². The number of thioether (sulfide) groups is 2. The molecule has 1 unspecified atom stereocenters. The number of nitrogens with zero attached hydrogens (tertiary/aromatic N) is 2. The molecule has 0 aliphatic carbocycles. The number of nitrogens with one attached hydrogen (secondary N) is 2. The van der Waals surface area contributed by atoms with E-state index < -0.39 is 0 Å². The number of hydrogen-bond acceptors (Lipinski definition) is 6. The molecule has 2 heterocycles. The molecule has 2 rings (SSSR count). The molecule has 1 saturated heterocycles. The highest BCUT2D eigenvalue weighted by Crippen LogP contribution is 2.24. The van der Waals surface area contributed by atoms with Crippen molar-refractivity contribution in [1.29, 1.82) is 0 Å². The van der Waals surface area contributed by atoms with E-state index in [-0.39, 0.29) is 0 Å². The van der Waals surface area contributed by atoms with Crippen LogP contribution in [0.2, 0.25) is 0 Å². The average molecular weight is 313 g/mol. The van der Waals surface area contributed by atoms with Crippen LogP contribution in [0.4, 0.5) is 11.6 Å². The molecule has 0 spiro atoms. The topological polar surface area (TPSA) is 49.8 Å². The van der Waals surface area contributed by atoms with E-state index in [0.717, 1.165) is 30.5 Å². The van der Waals surface area contributed by atoms with Gasteiger partial charge in [-0.15, -0.1) is 0 Å². The van der Waals surface area contributed by atoms with Crippen LogP contribution >= 0.6 is 23.5 Å². The summed E-state index contributed by atoms with van der Waals surface area (Å²) in [5.41, 5.74) is 0. The first-order chi connectivity index (χ1) is 9.69. The number of rotatable bonds is 6. The second-order valence-corrected chi connectivity index (χ2v) is 7.69. The minimum Gasteiger partial charge on any atom is -0.370 e. The third kappa shape index (κ3) is 4.74. The fourth-order valence-corrected chi connectivity index (χ4v) is 4.57. The summed E-state index contributed by atoms with van der Waals surface area (Å²) in [5.74, 6) is 6.89. The Morgan fingerprint density at radius 3 is 2.60 bits per heavy atom. The van der Waals surface area contributed by atoms with E-state index in [1.807, 2.05) is 6.07 Å². The van der Waals surface area contributed by atoms with Crippen molar-refractivity contribution < 1.29 is 0 Å². The van der Waals surface area contributed by atoms with E-state index in [1.54, 1.807) is 0 Å². The number of aromatic nitrogens is 2. The Balaban J connectivity index is 2.01. The molecule has 0 radical (unpaired) electrons. The molecule has 0 saturated carbocycles. The Hall–Kier alpha value is -0.620.